The number of hydrogen-bond acceptors (Lipinski definition) is 4. The van der Waals surface area contributed by atoms with Crippen LogP contribution in [-0.2, 0) is 25.7 Å². The molecule has 0 radical (unpaired) electrons. The van der Waals surface area contributed by atoms with E-state index < -0.39 is 11.4 Å². The molecule has 0 heterocycles. The van der Waals surface area contributed by atoms with Crippen molar-refractivity contribution in [1.82, 2.24) is 0 Å². The average molecular weight is 601 g/mol. The van der Waals surface area contributed by atoms with E-state index in [0.717, 1.165) is 56.9 Å². The lowest BCUT2D eigenvalue weighted by molar-refractivity contribution is -0.155. The standard InChI is InChI=1S/C39H52O5/c1-25(2)12-11-15-28(35(43)44-24-26-13-9-8-10-14-26)29-18-20-39(7)31-16-17-32-36(3,4)34(42)27(22-33(40)41)23-37(32,5)30(31)19-21-38(29,39)6/h8-10,12-14,22,28-29,32H,11,15-21,23-24H2,1-7H3,(H,40,41)/b27-22+/t28-,29-,32-,37+,38-,39+/m0/s1. The molecule has 5 heteroatoms. The maximum atomic E-state index is 13.9. The molecule has 0 bridgehead atoms. The lowest BCUT2D eigenvalue weighted by Gasteiger charge is -2.61. The van der Waals surface area contributed by atoms with Crippen molar-refractivity contribution in [3.05, 3.63) is 70.3 Å². The van der Waals surface area contributed by atoms with Crippen LogP contribution in [0.1, 0.15) is 112 Å². The molecule has 238 valence electrons. The minimum Gasteiger partial charge on any atom is -0.478 e. The number of carbonyl (C=O) groups is 3. The predicted octanol–water partition coefficient (Wildman–Crippen LogP) is 9.03. The Morgan fingerprint density at radius 2 is 1.70 bits per heavy atom. The number of carbonyl (C=O) groups excluding carboxylic acids is 2. The zero-order valence-corrected chi connectivity index (χ0v) is 27.9. The fourth-order valence-electron chi connectivity index (χ4n) is 10.4. The van der Waals surface area contributed by atoms with E-state index in [9.17, 15) is 19.5 Å². The van der Waals surface area contributed by atoms with Crippen molar-refractivity contribution in [2.75, 3.05) is 0 Å². The maximum Gasteiger partial charge on any atom is 0.328 e. The number of ketones is 1. The molecule has 0 saturated heterocycles. The summed E-state index contributed by atoms with van der Waals surface area (Å²) in [5, 5.41) is 9.60. The summed E-state index contributed by atoms with van der Waals surface area (Å²) in [7, 11) is 0. The van der Waals surface area contributed by atoms with Crippen LogP contribution in [0.2, 0.25) is 0 Å². The minimum absolute atomic E-state index is 0.00700. The van der Waals surface area contributed by atoms with Gasteiger partial charge in [0.05, 0.1) is 5.92 Å². The highest BCUT2D eigenvalue weighted by Gasteiger charge is 2.64. The number of aliphatic carboxylic acids is 1. The molecule has 0 amide bonds. The largest absolute Gasteiger partial charge is 0.478 e. The van der Waals surface area contributed by atoms with E-state index >= 15 is 0 Å². The molecule has 1 aromatic rings. The van der Waals surface area contributed by atoms with Crippen LogP contribution in [0, 0.1) is 39.4 Å². The van der Waals surface area contributed by atoms with E-state index in [-0.39, 0.29) is 45.8 Å². The first kappa shape index (κ1) is 32.4. The van der Waals surface area contributed by atoms with Gasteiger partial charge in [-0.25, -0.2) is 4.79 Å². The van der Waals surface area contributed by atoms with Crippen LogP contribution >= 0.6 is 0 Å². The van der Waals surface area contributed by atoms with Crippen molar-refractivity contribution in [3.8, 4) is 0 Å². The van der Waals surface area contributed by atoms with Gasteiger partial charge in [-0.2, -0.15) is 0 Å². The van der Waals surface area contributed by atoms with E-state index in [0.29, 0.717) is 18.6 Å². The fourth-order valence-corrected chi connectivity index (χ4v) is 10.4. The number of fused-ring (bicyclic) bond motifs is 4. The van der Waals surface area contributed by atoms with E-state index in [1.165, 1.54) is 22.8 Å². The van der Waals surface area contributed by atoms with Gasteiger partial charge in [0, 0.05) is 17.1 Å². The number of ether oxygens (including phenoxy) is 1. The Kier molecular flexibility index (Phi) is 8.67. The third-order valence-corrected chi connectivity index (χ3v) is 12.7. The number of hydrogen-bond donors (Lipinski definition) is 1. The molecule has 0 aliphatic heterocycles. The van der Waals surface area contributed by atoms with Crippen molar-refractivity contribution in [2.24, 2.45) is 39.4 Å². The summed E-state index contributed by atoms with van der Waals surface area (Å²) in [4.78, 5) is 39.1. The summed E-state index contributed by atoms with van der Waals surface area (Å²) in [5.74, 6) is -0.872. The lowest BCUT2D eigenvalue weighted by Crippen LogP contribution is -2.54. The third kappa shape index (κ3) is 5.32. The highest BCUT2D eigenvalue weighted by atomic mass is 16.5. The Hall–Kier alpha value is -2.95. The molecular formula is C39H52O5. The zero-order valence-electron chi connectivity index (χ0n) is 27.9. The predicted molar refractivity (Wildman–Crippen MR) is 174 cm³/mol. The van der Waals surface area contributed by atoms with Gasteiger partial charge in [-0.1, -0.05) is 87.7 Å². The number of esters is 1. The smallest absolute Gasteiger partial charge is 0.328 e. The summed E-state index contributed by atoms with van der Waals surface area (Å²) in [6, 6.07) is 9.94. The molecule has 5 nitrogen and oxygen atoms in total. The van der Waals surface area contributed by atoms with Gasteiger partial charge in [-0.15, -0.1) is 0 Å². The van der Waals surface area contributed by atoms with Crippen molar-refractivity contribution < 1.29 is 24.2 Å². The van der Waals surface area contributed by atoms with Crippen molar-refractivity contribution in [1.29, 1.82) is 0 Å². The number of rotatable bonds is 8. The SMILES string of the molecule is CC(C)=CCC[C@H](C(=O)OCc1ccccc1)[C@@H]1CC[C@]2(C)C3=C(CC[C@@]12C)[C@@]1(C)C/C(=C\C(=O)O)C(=O)C(C)(C)[C@@H]1CC3. The molecule has 1 aromatic carbocycles. The number of Topliss-reactive ketones (excluding diaryl/α,β-unsaturated/α-hetero) is 1. The number of allylic oxidation sites excluding steroid dienone is 5. The zero-order chi connectivity index (χ0) is 32.1. The average Bonchev–Trinajstić information content (AvgIpc) is 3.23. The number of carboxylic acid groups (broad SMARTS) is 1. The summed E-state index contributed by atoms with van der Waals surface area (Å²) < 4.78 is 6.03. The van der Waals surface area contributed by atoms with Crippen molar-refractivity contribution in [3.63, 3.8) is 0 Å². The highest BCUT2D eigenvalue weighted by molar-refractivity contribution is 6.04. The van der Waals surface area contributed by atoms with E-state index in [1.807, 2.05) is 44.2 Å². The van der Waals surface area contributed by atoms with Gasteiger partial charge in [0.15, 0.2) is 5.78 Å². The number of benzene rings is 1. The Balaban J connectivity index is 1.49. The second kappa shape index (κ2) is 11.8. The van der Waals surface area contributed by atoms with Gasteiger partial charge in [0.2, 0.25) is 0 Å². The van der Waals surface area contributed by atoms with E-state index in [2.05, 4.69) is 40.7 Å². The minimum atomic E-state index is -1.05. The van der Waals surface area contributed by atoms with Crippen LogP contribution in [0.3, 0.4) is 0 Å². The van der Waals surface area contributed by atoms with Crippen LogP contribution in [0.25, 0.3) is 0 Å². The molecule has 2 saturated carbocycles. The molecule has 0 aromatic heterocycles. The first-order valence-electron chi connectivity index (χ1n) is 16.7. The topological polar surface area (TPSA) is 80.7 Å². The Bertz CT molecular complexity index is 1410. The first-order valence-corrected chi connectivity index (χ1v) is 16.7. The van der Waals surface area contributed by atoms with Gasteiger partial charge in [-0.3, -0.25) is 9.59 Å². The summed E-state index contributed by atoms with van der Waals surface area (Å²) in [6.07, 6.45) is 11.5. The van der Waals surface area contributed by atoms with Crippen LogP contribution in [0.5, 0.6) is 0 Å². The molecule has 44 heavy (non-hydrogen) atoms. The van der Waals surface area contributed by atoms with Gasteiger partial charge in [0.1, 0.15) is 6.61 Å². The molecule has 0 unspecified atom stereocenters. The van der Waals surface area contributed by atoms with Crippen LogP contribution in [0.4, 0.5) is 0 Å². The van der Waals surface area contributed by atoms with Gasteiger partial charge < -0.3 is 9.84 Å². The fraction of sp³-hybridized carbons (Fsp3) is 0.615. The molecule has 1 N–H and O–H groups in total. The quantitative estimate of drug-likeness (QED) is 0.183. The Morgan fingerprint density at radius 1 is 1.00 bits per heavy atom. The Morgan fingerprint density at radius 3 is 2.36 bits per heavy atom. The summed E-state index contributed by atoms with van der Waals surface area (Å²) in [6.45, 7) is 15.8. The lowest BCUT2D eigenvalue weighted by atomic mass is 9.43. The Labute approximate surface area is 264 Å². The maximum absolute atomic E-state index is 13.9. The van der Waals surface area contributed by atoms with Gasteiger partial charge in [-0.05, 0) is 105 Å². The molecule has 6 atom stereocenters. The molecule has 4 aliphatic rings. The molecule has 0 spiro atoms. The third-order valence-electron chi connectivity index (χ3n) is 12.7. The second-order valence-corrected chi connectivity index (χ2v) is 15.7. The normalized spacial score (nSPS) is 34.1. The van der Waals surface area contributed by atoms with Gasteiger partial charge >= 0.3 is 11.9 Å². The molecule has 5 rings (SSSR count). The molecule has 2 fully saturated rings. The van der Waals surface area contributed by atoms with Crippen LogP contribution in [-0.4, -0.2) is 22.8 Å². The monoisotopic (exact) mass is 600 g/mol. The van der Waals surface area contributed by atoms with Gasteiger partial charge in [0.25, 0.3) is 0 Å². The highest BCUT2D eigenvalue weighted by Crippen LogP contribution is 2.72. The van der Waals surface area contributed by atoms with Crippen LogP contribution in [0.15, 0.2) is 64.8 Å². The van der Waals surface area contributed by atoms with Crippen molar-refractivity contribution >= 4 is 17.7 Å². The summed E-state index contributed by atoms with van der Waals surface area (Å²) >= 11 is 0. The van der Waals surface area contributed by atoms with Crippen molar-refractivity contribution in [2.45, 2.75) is 113 Å². The second-order valence-electron chi connectivity index (χ2n) is 15.7. The van der Waals surface area contributed by atoms with Crippen LogP contribution < -0.4 is 0 Å². The van der Waals surface area contributed by atoms with E-state index in [1.54, 1.807) is 0 Å². The molecular weight excluding hydrogens is 548 g/mol. The first-order chi connectivity index (χ1) is 20.6. The molecule has 4 aliphatic carbocycles. The summed E-state index contributed by atoms with van der Waals surface area (Å²) in [5.41, 5.74) is 4.80. The van der Waals surface area contributed by atoms with E-state index in [4.69, 9.17) is 4.74 Å². The number of carboxylic acids is 1.